The van der Waals surface area contributed by atoms with Gasteiger partial charge in [0.1, 0.15) is 16.8 Å². The van der Waals surface area contributed by atoms with Crippen LogP contribution in [0.3, 0.4) is 0 Å². The number of hydrogen-bond donors (Lipinski definition) is 2. The minimum absolute atomic E-state index is 0.183. The van der Waals surface area contributed by atoms with Crippen LogP contribution >= 0.6 is 0 Å². The van der Waals surface area contributed by atoms with Crippen molar-refractivity contribution in [2.45, 2.75) is 30.2 Å². The Morgan fingerprint density at radius 2 is 2.04 bits per heavy atom. The lowest BCUT2D eigenvalue weighted by Gasteiger charge is -2.21. The van der Waals surface area contributed by atoms with E-state index in [0.29, 0.717) is 19.4 Å². The molecular weight excluding hydrogens is 327 g/mol. The number of hydrogen-bond acceptors (Lipinski definition) is 4. The molecule has 7 nitrogen and oxygen atoms in total. The molecule has 1 heterocycles. The van der Waals surface area contributed by atoms with E-state index >= 15 is 0 Å². The summed E-state index contributed by atoms with van der Waals surface area (Å²) in [5.74, 6) is -2.38. The Morgan fingerprint density at radius 3 is 2.70 bits per heavy atom. The Hall–Kier alpha value is -2.00. The van der Waals surface area contributed by atoms with Crippen LogP contribution < -0.4 is 4.72 Å². The quantitative estimate of drug-likeness (QED) is 0.785. The molecule has 0 spiro atoms. The minimum atomic E-state index is -4.05. The second kappa shape index (κ2) is 7.05. The molecule has 0 radical (unpaired) electrons. The fourth-order valence-electron chi connectivity index (χ4n) is 2.50. The number of carbonyl (C=O) groups excluding carboxylic acids is 1. The highest BCUT2D eigenvalue weighted by molar-refractivity contribution is 7.89. The molecule has 1 aromatic carbocycles. The monoisotopic (exact) mass is 344 g/mol. The second-order valence-corrected chi connectivity index (χ2v) is 6.90. The van der Waals surface area contributed by atoms with Crippen molar-refractivity contribution in [1.29, 1.82) is 0 Å². The molecule has 2 rings (SSSR count). The Bertz CT molecular complexity index is 707. The molecule has 0 saturated carbocycles. The van der Waals surface area contributed by atoms with E-state index in [4.69, 9.17) is 5.11 Å². The van der Waals surface area contributed by atoms with E-state index in [9.17, 15) is 22.4 Å². The van der Waals surface area contributed by atoms with Crippen LogP contribution in [-0.4, -0.2) is 49.4 Å². The number of sulfonamides is 1. The maximum atomic E-state index is 13.5. The number of likely N-dealkylation sites (tertiary alicyclic amines) is 1. The van der Waals surface area contributed by atoms with E-state index < -0.39 is 38.7 Å². The third kappa shape index (κ3) is 4.05. The first kappa shape index (κ1) is 17.4. The van der Waals surface area contributed by atoms with Gasteiger partial charge >= 0.3 is 5.97 Å². The van der Waals surface area contributed by atoms with E-state index in [1.807, 2.05) is 0 Å². The molecule has 1 atom stereocenters. The number of halogens is 1. The van der Waals surface area contributed by atoms with Gasteiger partial charge in [-0.1, -0.05) is 12.1 Å². The van der Waals surface area contributed by atoms with Gasteiger partial charge < -0.3 is 10.0 Å². The van der Waals surface area contributed by atoms with Crippen LogP contribution in [0.25, 0.3) is 0 Å². The summed E-state index contributed by atoms with van der Waals surface area (Å²) in [5, 5.41) is 9.02. The van der Waals surface area contributed by atoms with Gasteiger partial charge in [-0.25, -0.2) is 22.3 Å². The summed E-state index contributed by atoms with van der Waals surface area (Å²) >= 11 is 0. The predicted octanol–water partition coefficient (Wildman–Crippen LogP) is 0.570. The Morgan fingerprint density at radius 1 is 1.35 bits per heavy atom. The van der Waals surface area contributed by atoms with Gasteiger partial charge in [-0.2, -0.15) is 0 Å². The van der Waals surface area contributed by atoms with E-state index in [-0.39, 0.29) is 13.0 Å². The van der Waals surface area contributed by atoms with Crippen LogP contribution in [0.5, 0.6) is 0 Å². The van der Waals surface area contributed by atoms with Gasteiger partial charge in [0, 0.05) is 19.5 Å². The van der Waals surface area contributed by atoms with Gasteiger partial charge in [0.25, 0.3) is 0 Å². The first-order chi connectivity index (χ1) is 10.8. The minimum Gasteiger partial charge on any atom is -0.480 e. The lowest BCUT2D eigenvalue weighted by atomic mass is 10.2. The zero-order valence-electron chi connectivity index (χ0n) is 12.2. The van der Waals surface area contributed by atoms with Crippen molar-refractivity contribution in [2.24, 2.45) is 0 Å². The van der Waals surface area contributed by atoms with Crippen molar-refractivity contribution < 1.29 is 27.5 Å². The summed E-state index contributed by atoms with van der Waals surface area (Å²) in [5.41, 5.74) is 0. The third-order valence-corrected chi connectivity index (χ3v) is 5.11. The Labute approximate surface area is 133 Å². The summed E-state index contributed by atoms with van der Waals surface area (Å²) < 4.78 is 39.6. The van der Waals surface area contributed by atoms with E-state index in [1.165, 1.54) is 17.0 Å². The highest BCUT2D eigenvalue weighted by atomic mass is 32.2. The number of amides is 1. The topological polar surface area (TPSA) is 104 Å². The van der Waals surface area contributed by atoms with Crippen molar-refractivity contribution in [3.8, 4) is 0 Å². The maximum Gasteiger partial charge on any atom is 0.326 e. The second-order valence-electron chi connectivity index (χ2n) is 5.16. The number of carboxylic acids is 1. The number of carbonyl (C=O) groups is 2. The summed E-state index contributed by atoms with van der Waals surface area (Å²) in [6, 6.07) is 4.06. The predicted molar refractivity (Wildman–Crippen MR) is 78.6 cm³/mol. The van der Waals surface area contributed by atoms with Crippen LogP contribution in [0.1, 0.15) is 19.3 Å². The zero-order chi connectivity index (χ0) is 17.0. The van der Waals surface area contributed by atoms with Gasteiger partial charge in [0.2, 0.25) is 15.9 Å². The first-order valence-electron chi connectivity index (χ1n) is 7.09. The summed E-state index contributed by atoms with van der Waals surface area (Å²) in [6.07, 6.45) is 0.809. The third-order valence-electron chi connectivity index (χ3n) is 3.62. The largest absolute Gasteiger partial charge is 0.480 e. The van der Waals surface area contributed by atoms with Crippen molar-refractivity contribution in [3.63, 3.8) is 0 Å². The number of nitrogens with one attached hydrogen (secondary N) is 1. The standard InChI is InChI=1S/C14H17FN2O5S/c15-10-4-1-2-6-12(10)23(21,22)16-8-7-13(18)17-9-3-5-11(17)14(19)20/h1-2,4,6,11,16H,3,5,7-9H2,(H,19,20)/t11-/m1/s1. The molecule has 0 unspecified atom stereocenters. The normalized spacial score (nSPS) is 18.1. The van der Waals surface area contributed by atoms with Crippen molar-refractivity contribution in [3.05, 3.63) is 30.1 Å². The fourth-order valence-corrected chi connectivity index (χ4v) is 3.61. The Balaban J connectivity index is 1.93. The number of benzene rings is 1. The molecule has 1 aromatic rings. The average molecular weight is 344 g/mol. The highest BCUT2D eigenvalue weighted by Crippen LogP contribution is 2.18. The summed E-state index contributed by atoms with van der Waals surface area (Å²) in [4.78, 5) is 23.8. The average Bonchev–Trinajstić information content (AvgIpc) is 2.97. The molecule has 1 aliphatic heterocycles. The molecule has 23 heavy (non-hydrogen) atoms. The van der Waals surface area contributed by atoms with Gasteiger partial charge in [-0.05, 0) is 25.0 Å². The Kier molecular flexibility index (Phi) is 5.32. The molecule has 1 saturated heterocycles. The van der Waals surface area contributed by atoms with Crippen molar-refractivity contribution in [2.75, 3.05) is 13.1 Å². The summed E-state index contributed by atoms with van der Waals surface area (Å²) in [7, 11) is -4.05. The van der Waals surface area contributed by atoms with Crippen molar-refractivity contribution >= 4 is 21.9 Å². The van der Waals surface area contributed by atoms with Crippen LogP contribution in [0.4, 0.5) is 4.39 Å². The molecule has 0 bridgehead atoms. The van der Waals surface area contributed by atoms with Crippen LogP contribution in [-0.2, 0) is 19.6 Å². The number of nitrogens with zero attached hydrogens (tertiary/aromatic N) is 1. The molecule has 2 N–H and O–H groups in total. The van der Waals surface area contributed by atoms with Crippen molar-refractivity contribution in [1.82, 2.24) is 9.62 Å². The SMILES string of the molecule is O=C(O)[C@H]1CCCN1C(=O)CCNS(=O)(=O)c1ccccc1F. The van der Waals surface area contributed by atoms with Gasteiger partial charge in [0.05, 0.1) is 0 Å². The first-order valence-corrected chi connectivity index (χ1v) is 8.57. The molecule has 126 valence electrons. The van der Waals surface area contributed by atoms with Gasteiger partial charge in [-0.15, -0.1) is 0 Å². The summed E-state index contributed by atoms with van der Waals surface area (Å²) in [6.45, 7) is 0.119. The van der Waals surface area contributed by atoms with E-state index in [2.05, 4.69) is 4.72 Å². The number of aliphatic carboxylic acids is 1. The molecule has 1 amide bonds. The molecule has 0 aromatic heterocycles. The van der Waals surface area contributed by atoms with Gasteiger partial charge in [-0.3, -0.25) is 4.79 Å². The molecule has 1 aliphatic rings. The molecular formula is C14H17FN2O5S. The van der Waals surface area contributed by atoms with Crippen LogP contribution in [0, 0.1) is 5.82 Å². The zero-order valence-corrected chi connectivity index (χ0v) is 13.1. The smallest absolute Gasteiger partial charge is 0.326 e. The lowest BCUT2D eigenvalue weighted by Crippen LogP contribution is -2.41. The van der Waals surface area contributed by atoms with E-state index in [0.717, 1.165) is 12.1 Å². The number of rotatable bonds is 6. The van der Waals surface area contributed by atoms with E-state index in [1.54, 1.807) is 0 Å². The number of carboxylic acid groups (broad SMARTS) is 1. The maximum absolute atomic E-state index is 13.5. The molecule has 0 aliphatic carbocycles. The highest BCUT2D eigenvalue weighted by Gasteiger charge is 2.33. The van der Waals surface area contributed by atoms with Crippen LogP contribution in [0.15, 0.2) is 29.2 Å². The van der Waals surface area contributed by atoms with Crippen LogP contribution in [0.2, 0.25) is 0 Å². The lowest BCUT2D eigenvalue weighted by molar-refractivity contribution is -0.148. The fraction of sp³-hybridized carbons (Fsp3) is 0.429. The molecule has 1 fully saturated rings. The van der Waals surface area contributed by atoms with Gasteiger partial charge in [0.15, 0.2) is 0 Å². The molecule has 9 heteroatoms.